The highest BCUT2D eigenvalue weighted by atomic mass is 127. The maximum Gasteiger partial charge on any atom is 0.174 e. The molecule has 1 aliphatic rings. The molecule has 0 saturated carbocycles. The van der Waals surface area contributed by atoms with Gasteiger partial charge in [0.25, 0.3) is 0 Å². The number of carbonyl (C=O) groups excluding carboxylic acids is 1. The van der Waals surface area contributed by atoms with Crippen LogP contribution in [-0.4, -0.2) is 19.5 Å². The number of fused-ring (bicyclic) bond motifs is 1. The molecule has 0 radical (unpaired) electrons. The van der Waals surface area contributed by atoms with Gasteiger partial charge < -0.3 is 9.47 Å². The molecule has 0 aliphatic carbocycles. The number of benzene rings is 1. The molecule has 0 fully saturated rings. The minimum absolute atomic E-state index is 0.624. The zero-order valence-electron chi connectivity index (χ0n) is 7.46. The van der Waals surface area contributed by atoms with Crippen LogP contribution in [0.15, 0.2) is 12.1 Å². The van der Waals surface area contributed by atoms with Crippen LogP contribution in [-0.2, 0) is 0 Å². The molecule has 0 spiro atoms. The molecule has 0 aromatic heterocycles. The van der Waals surface area contributed by atoms with E-state index in [0.717, 1.165) is 22.0 Å². The fourth-order valence-electron chi connectivity index (χ4n) is 1.32. The number of carbonyl (C=O) groups is 1. The SMILES string of the molecule is O=Cc1cc(I)c2c(c1)OCCCO2. The van der Waals surface area contributed by atoms with Crippen LogP contribution in [0.1, 0.15) is 16.8 Å². The summed E-state index contributed by atoms with van der Waals surface area (Å²) in [5, 5.41) is 0. The summed E-state index contributed by atoms with van der Waals surface area (Å²) >= 11 is 2.15. The zero-order valence-corrected chi connectivity index (χ0v) is 9.61. The van der Waals surface area contributed by atoms with Crippen molar-refractivity contribution in [1.29, 1.82) is 0 Å². The summed E-state index contributed by atoms with van der Waals surface area (Å²) in [7, 11) is 0. The second kappa shape index (κ2) is 4.16. The van der Waals surface area contributed by atoms with Crippen LogP contribution in [0.4, 0.5) is 0 Å². The summed E-state index contributed by atoms with van der Waals surface area (Å²) in [6.07, 6.45) is 1.69. The molecule has 1 aliphatic heterocycles. The van der Waals surface area contributed by atoms with E-state index < -0.39 is 0 Å². The van der Waals surface area contributed by atoms with E-state index in [1.54, 1.807) is 12.1 Å². The van der Waals surface area contributed by atoms with Crippen molar-refractivity contribution in [3.63, 3.8) is 0 Å². The molecule has 0 atom stereocenters. The van der Waals surface area contributed by atoms with Crippen LogP contribution in [0.5, 0.6) is 11.5 Å². The average molecular weight is 304 g/mol. The Bertz CT molecular complexity index is 363. The Morgan fingerprint density at radius 2 is 2.07 bits per heavy atom. The van der Waals surface area contributed by atoms with Gasteiger partial charge in [-0.3, -0.25) is 4.79 Å². The summed E-state index contributed by atoms with van der Waals surface area (Å²) < 4.78 is 11.9. The molecule has 4 heteroatoms. The molecule has 0 saturated heterocycles. The van der Waals surface area contributed by atoms with Gasteiger partial charge in [0.15, 0.2) is 11.5 Å². The van der Waals surface area contributed by atoms with Crippen LogP contribution in [0.3, 0.4) is 0 Å². The van der Waals surface area contributed by atoms with E-state index >= 15 is 0 Å². The maximum absolute atomic E-state index is 10.6. The lowest BCUT2D eigenvalue weighted by atomic mass is 10.2. The first-order valence-electron chi connectivity index (χ1n) is 4.35. The first-order valence-corrected chi connectivity index (χ1v) is 5.43. The lowest BCUT2D eigenvalue weighted by Gasteiger charge is -2.09. The molecule has 2 rings (SSSR count). The normalized spacial score (nSPS) is 14.6. The van der Waals surface area contributed by atoms with Crippen molar-refractivity contribution in [1.82, 2.24) is 0 Å². The van der Waals surface area contributed by atoms with Crippen molar-refractivity contribution in [3.8, 4) is 11.5 Å². The number of hydrogen-bond acceptors (Lipinski definition) is 3. The van der Waals surface area contributed by atoms with Crippen LogP contribution < -0.4 is 9.47 Å². The molecule has 0 bridgehead atoms. The first kappa shape index (κ1) is 9.76. The van der Waals surface area contributed by atoms with E-state index in [2.05, 4.69) is 22.6 Å². The molecule has 0 unspecified atom stereocenters. The quantitative estimate of drug-likeness (QED) is 0.590. The summed E-state index contributed by atoms with van der Waals surface area (Å²) in [6.45, 7) is 1.31. The number of halogens is 1. The third kappa shape index (κ3) is 1.84. The molecule has 0 N–H and O–H groups in total. The van der Waals surface area contributed by atoms with Crippen LogP contribution in [0.25, 0.3) is 0 Å². The lowest BCUT2D eigenvalue weighted by molar-refractivity contribution is 0.112. The van der Waals surface area contributed by atoms with Crippen LogP contribution in [0, 0.1) is 3.57 Å². The second-order valence-corrected chi connectivity index (χ2v) is 4.16. The fraction of sp³-hybridized carbons (Fsp3) is 0.300. The van der Waals surface area contributed by atoms with E-state index in [9.17, 15) is 4.79 Å². The lowest BCUT2D eigenvalue weighted by Crippen LogP contribution is -1.97. The molecule has 74 valence electrons. The highest BCUT2D eigenvalue weighted by Gasteiger charge is 2.14. The minimum atomic E-state index is 0.624. The summed E-state index contributed by atoms with van der Waals surface area (Å²) in [6, 6.07) is 3.51. The summed E-state index contributed by atoms with van der Waals surface area (Å²) in [4.78, 5) is 10.6. The van der Waals surface area contributed by atoms with Gasteiger partial charge >= 0.3 is 0 Å². The van der Waals surface area contributed by atoms with Crippen molar-refractivity contribution in [2.75, 3.05) is 13.2 Å². The van der Waals surface area contributed by atoms with E-state index in [0.29, 0.717) is 24.5 Å². The number of hydrogen-bond donors (Lipinski definition) is 0. The topological polar surface area (TPSA) is 35.5 Å². The van der Waals surface area contributed by atoms with Gasteiger partial charge in [0.05, 0.1) is 16.8 Å². The van der Waals surface area contributed by atoms with Crippen molar-refractivity contribution in [2.24, 2.45) is 0 Å². The van der Waals surface area contributed by atoms with Crippen molar-refractivity contribution in [2.45, 2.75) is 6.42 Å². The van der Waals surface area contributed by atoms with Crippen molar-refractivity contribution in [3.05, 3.63) is 21.3 Å². The number of aldehydes is 1. The standard InChI is InChI=1S/C10H9IO3/c11-8-4-7(6-12)5-9-10(8)14-3-1-2-13-9/h4-6H,1-3H2. The number of rotatable bonds is 1. The molecule has 3 nitrogen and oxygen atoms in total. The molecule has 0 amide bonds. The third-order valence-corrected chi connectivity index (χ3v) is 2.76. The molecule has 1 aromatic rings. The Balaban J connectivity index is 2.48. The molecule has 1 heterocycles. The van der Waals surface area contributed by atoms with Gasteiger partial charge in [-0.2, -0.15) is 0 Å². The van der Waals surface area contributed by atoms with Gasteiger partial charge in [-0.1, -0.05) is 0 Å². The largest absolute Gasteiger partial charge is 0.489 e. The van der Waals surface area contributed by atoms with E-state index in [1.807, 2.05) is 0 Å². The number of ether oxygens (including phenoxy) is 2. The Morgan fingerprint density at radius 3 is 2.86 bits per heavy atom. The van der Waals surface area contributed by atoms with Gasteiger partial charge in [0.2, 0.25) is 0 Å². The van der Waals surface area contributed by atoms with Gasteiger partial charge in [-0.05, 0) is 34.7 Å². The van der Waals surface area contributed by atoms with Gasteiger partial charge in [0.1, 0.15) is 6.29 Å². The minimum Gasteiger partial charge on any atom is -0.489 e. The van der Waals surface area contributed by atoms with E-state index in [-0.39, 0.29) is 0 Å². The predicted octanol–water partition coefficient (Wildman–Crippen LogP) is 2.27. The maximum atomic E-state index is 10.6. The van der Waals surface area contributed by atoms with Gasteiger partial charge in [-0.25, -0.2) is 0 Å². The smallest absolute Gasteiger partial charge is 0.174 e. The second-order valence-electron chi connectivity index (χ2n) is 3.00. The summed E-state index contributed by atoms with van der Waals surface area (Å²) in [5.74, 6) is 1.44. The van der Waals surface area contributed by atoms with Crippen LogP contribution in [0.2, 0.25) is 0 Å². The zero-order chi connectivity index (χ0) is 9.97. The highest BCUT2D eigenvalue weighted by Crippen LogP contribution is 2.35. The molecular formula is C10H9IO3. The van der Waals surface area contributed by atoms with Gasteiger partial charge in [0, 0.05) is 12.0 Å². The van der Waals surface area contributed by atoms with E-state index in [1.165, 1.54) is 0 Å². The Hall–Kier alpha value is -0.780. The predicted molar refractivity (Wildman–Crippen MR) is 60.2 cm³/mol. The molecule has 1 aromatic carbocycles. The first-order chi connectivity index (χ1) is 6.81. The van der Waals surface area contributed by atoms with Crippen molar-refractivity contribution >= 4 is 28.9 Å². The molecule has 14 heavy (non-hydrogen) atoms. The Morgan fingerprint density at radius 1 is 1.29 bits per heavy atom. The van der Waals surface area contributed by atoms with E-state index in [4.69, 9.17) is 9.47 Å². The monoisotopic (exact) mass is 304 g/mol. The average Bonchev–Trinajstić information content (AvgIpc) is 2.42. The van der Waals surface area contributed by atoms with Crippen LogP contribution >= 0.6 is 22.6 Å². The Labute approximate surface area is 95.5 Å². The fourth-order valence-corrected chi connectivity index (χ4v) is 2.10. The third-order valence-electron chi connectivity index (χ3n) is 1.96. The highest BCUT2D eigenvalue weighted by molar-refractivity contribution is 14.1. The van der Waals surface area contributed by atoms with Crippen molar-refractivity contribution < 1.29 is 14.3 Å². The Kier molecular flexibility index (Phi) is 2.90. The van der Waals surface area contributed by atoms with Gasteiger partial charge in [-0.15, -0.1) is 0 Å². The summed E-state index contributed by atoms with van der Waals surface area (Å²) in [5.41, 5.74) is 0.624. The molecular weight excluding hydrogens is 295 g/mol.